The predicted octanol–water partition coefficient (Wildman–Crippen LogP) is 1.78. The Bertz CT molecular complexity index is 1080. The van der Waals surface area contributed by atoms with Gasteiger partial charge in [-0.15, -0.1) is 11.8 Å². The fourth-order valence-corrected chi connectivity index (χ4v) is 10.2. The number of piperidine rings is 1. The van der Waals surface area contributed by atoms with E-state index in [1.165, 1.54) is 18.4 Å². The highest BCUT2D eigenvalue weighted by atomic mass is 32.2. The second-order valence-corrected chi connectivity index (χ2v) is 12.9. The van der Waals surface area contributed by atoms with Gasteiger partial charge in [-0.3, -0.25) is 4.90 Å². The largest absolute Gasteiger partial charge is 0.504 e. The van der Waals surface area contributed by atoms with Crippen LogP contribution in [0.15, 0.2) is 12.1 Å². The van der Waals surface area contributed by atoms with Crippen molar-refractivity contribution in [2.24, 2.45) is 5.92 Å². The quantitative estimate of drug-likeness (QED) is 0.678. The molecule has 2 spiro atoms. The van der Waals surface area contributed by atoms with Crippen LogP contribution in [-0.2, 0) is 21.3 Å². The molecule has 2 N–H and O–H groups in total. The van der Waals surface area contributed by atoms with Crippen LogP contribution in [-0.4, -0.2) is 86.6 Å². The lowest BCUT2D eigenvalue weighted by molar-refractivity contribution is -0.258. The number of phenols is 1. The molecule has 8 aliphatic rings. The third-order valence-corrected chi connectivity index (χ3v) is 11.6. The third-order valence-electron chi connectivity index (χ3n) is 10.4. The molecule has 2 saturated carbocycles. The molecule has 0 amide bonds. The predicted molar refractivity (Wildman–Crippen MR) is 120 cm³/mol. The molecule has 7 nitrogen and oxygen atoms in total. The summed E-state index contributed by atoms with van der Waals surface area (Å²) >= 11 is 1.92. The Morgan fingerprint density at radius 3 is 2.97 bits per heavy atom. The molecule has 1 aromatic rings. The minimum atomic E-state index is -0.884. The molecule has 0 unspecified atom stereocenters. The van der Waals surface area contributed by atoms with Crippen molar-refractivity contribution in [1.29, 1.82) is 0 Å². The minimum Gasteiger partial charge on any atom is -0.504 e. The van der Waals surface area contributed by atoms with Crippen LogP contribution in [0, 0.1) is 5.92 Å². The number of fused-ring (bicyclic) bond motifs is 2. The zero-order valence-corrected chi connectivity index (χ0v) is 19.4. The Kier molecular flexibility index (Phi) is 3.40. The van der Waals surface area contributed by atoms with Gasteiger partial charge in [-0.05, 0) is 62.6 Å². The zero-order chi connectivity index (χ0) is 21.7. The van der Waals surface area contributed by atoms with E-state index in [0.717, 1.165) is 56.2 Å². The number of nitrogens with zero attached hydrogens (tertiary/aromatic N) is 2. The van der Waals surface area contributed by atoms with E-state index in [2.05, 4.69) is 15.9 Å². The van der Waals surface area contributed by atoms with Crippen LogP contribution in [0.25, 0.3) is 0 Å². The van der Waals surface area contributed by atoms with Crippen molar-refractivity contribution >= 4 is 11.8 Å². The molecular formula is C25H30N2O5S. The summed E-state index contributed by atoms with van der Waals surface area (Å²) in [7, 11) is 0. The third kappa shape index (κ3) is 2.00. The molecule has 5 aliphatic heterocycles. The van der Waals surface area contributed by atoms with Gasteiger partial charge in [-0.1, -0.05) is 6.07 Å². The summed E-state index contributed by atoms with van der Waals surface area (Å²) < 4.78 is 20.1. The molecule has 0 aromatic heterocycles. The van der Waals surface area contributed by atoms with Crippen molar-refractivity contribution in [1.82, 2.24) is 9.80 Å². The van der Waals surface area contributed by atoms with Crippen LogP contribution < -0.4 is 4.74 Å². The highest BCUT2D eigenvalue weighted by molar-refractivity contribution is 8.00. The van der Waals surface area contributed by atoms with E-state index in [9.17, 15) is 10.2 Å². The van der Waals surface area contributed by atoms with Gasteiger partial charge in [-0.2, -0.15) is 0 Å². The fourth-order valence-electron chi connectivity index (χ4n) is 8.93. The second kappa shape index (κ2) is 5.85. The van der Waals surface area contributed by atoms with Gasteiger partial charge in [0, 0.05) is 23.9 Å². The number of phenolic OH excluding ortho intramolecular Hbond substituents is 1. The number of benzene rings is 1. The van der Waals surface area contributed by atoms with Crippen molar-refractivity contribution < 1.29 is 24.4 Å². The average molecular weight is 471 g/mol. The summed E-state index contributed by atoms with van der Waals surface area (Å²) in [6.07, 6.45) is 5.26. The minimum absolute atomic E-state index is 0.0461. The van der Waals surface area contributed by atoms with Gasteiger partial charge >= 0.3 is 0 Å². The summed E-state index contributed by atoms with van der Waals surface area (Å²) in [4.78, 5) is 5.00. The van der Waals surface area contributed by atoms with Gasteiger partial charge in [0.1, 0.15) is 24.2 Å². The Morgan fingerprint density at radius 1 is 1.18 bits per heavy atom. The number of aromatic hydroxyl groups is 1. The van der Waals surface area contributed by atoms with E-state index in [-0.39, 0.29) is 30.4 Å². The van der Waals surface area contributed by atoms with Crippen molar-refractivity contribution in [2.75, 3.05) is 25.4 Å². The summed E-state index contributed by atoms with van der Waals surface area (Å²) in [6.45, 7) is 2.78. The average Bonchev–Trinajstić information content (AvgIpc) is 3.14. The number of ether oxygens (including phenoxy) is 3. The van der Waals surface area contributed by atoms with Gasteiger partial charge in [0.15, 0.2) is 11.5 Å². The standard InChI is InChI=1S/C25H30N2O5S/c28-15-4-3-14-9-16-25(29)6-5-24(22-27-17(32-24)12-33-18(27)11-30-22)21-23(25,19(14)20(15)31-21)7-8-26(16)10-13-1-2-13/h3-4,13,16-18,21-22,28-29H,1-2,5-12H2/t16-,17+,18+,21-,22+,23+,24+,25-/m1/s1. The maximum atomic E-state index is 12.7. The monoisotopic (exact) mass is 470 g/mol. The Labute approximate surface area is 197 Å². The molecule has 2 bridgehead atoms. The van der Waals surface area contributed by atoms with E-state index >= 15 is 0 Å². The SMILES string of the molecule is Oc1ccc2c3c1O[C@H]1[C@]4(CC[C@@]5(O)[C@@H](C2)N(CC2CC2)CC[C@]315)O[C@H]1CS[C@H]2CO[C@@H]4N12. The van der Waals surface area contributed by atoms with Crippen molar-refractivity contribution in [3.63, 3.8) is 0 Å². The molecule has 4 saturated heterocycles. The smallest absolute Gasteiger partial charge is 0.165 e. The first-order valence-corrected chi connectivity index (χ1v) is 13.8. The van der Waals surface area contributed by atoms with Crippen LogP contribution in [0.5, 0.6) is 11.5 Å². The second-order valence-electron chi connectivity index (χ2n) is 11.7. The Hall–Kier alpha value is -1.03. The maximum Gasteiger partial charge on any atom is 0.165 e. The van der Waals surface area contributed by atoms with Gasteiger partial charge in [0.2, 0.25) is 0 Å². The number of hydrogen-bond acceptors (Lipinski definition) is 8. The first kappa shape index (κ1) is 19.2. The molecule has 33 heavy (non-hydrogen) atoms. The lowest BCUT2D eigenvalue weighted by atomic mass is 9.46. The zero-order valence-electron chi connectivity index (χ0n) is 18.6. The van der Waals surface area contributed by atoms with Crippen LogP contribution in [0.4, 0.5) is 0 Å². The number of likely N-dealkylation sites (tertiary alicyclic amines) is 1. The maximum absolute atomic E-state index is 12.7. The van der Waals surface area contributed by atoms with E-state index < -0.39 is 16.6 Å². The molecule has 176 valence electrons. The number of rotatable bonds is 2. The Balaban J connectivity index is 1.24. The van der Waals surface area contributed by atoms with Gasteiger partial charge in [-0.25, -0.2) is 4.90 Å². The summed E-state index contributed by atoms with van der Waals surface area (Å²) in [6, 6.07) is 3.95. The van der Waals surface area contributed by atoms with Crippen molar-refractivity contribution in [3.8, 4) is 11.5 Å². The molecule has 9 rings (SSSR count). The van der Waals surface area contributed by atoms with Gasteiger partial charge in [0.25, 0.3) is 0 Å². The molecule has 8 heteroatoms. The number of thioether (sulfide) groups is 1. The summed E-state index contributed by atoms with van der Waals surface area (Å²) in [5.41, 5.74) is 0.236. The van der Waals surface area contributed by atoms with Gasteiger partial charge < -0.3 is 24.4 Å². The number of aliphatic hydroxyl groups is 1. The summed E-state index contributed by atoms with van der Waals surface area (Å²) in [5, 5.41) is 23.9. The van der Waals surface area contributed by atoms with Crippen LogP contribution >= 0.6 is 11.8 Å². The topological polar surface area (TPSA) is 74.6 Å². The van der Waals surface area contributed by atoms with E-state index in [1.54, 1.807) is 6.07 Å². The highest BCUT2D eigenvalue weighted by Crippen LogP contribution is 2.70. The molecule has 1 aromatic carbocycles. The first-order chi connectivity index (χ1) is 16.1. The van der Waals surface area contributed by atoms with Gasteiger partial charge in [0.05, 0.1) is 23.0 Å². The van der Waals surface area contributed by atoms with E-state index in [1.807, 2.05) is 11.8 Å². The lowest BCUT2D eigenvalue weighted by Gasteiger charge is -2.66. The summed E-state index contributed by atoms with van der Waals surface area (Å²) in [5.74, 6) is 2.52. The van der Waals surface area contributed by atoms with Crippen molar-refractivity contribution in [3.05, 3.63) is 23.3 Å². The molecular weight excluding hydrogens is 440 g/mol. The molecule has 8 atom stereocenters. The Morgan fingerprint density at radius 2 is 2.09 bits per heavy atom. The van der Waals surface area contributed by atoms with Crippen LogP contribution in [0.2, 0.25) is 0 Å². The van der Waals surface area contributed by atoms with E-state index in [0.29, 0.717) is 17.5 Å². The number of hydrogen-bond donors (Lipinski definition) is 2. The fraction of sp³-hybridized carbons (Fsp3) is 0.760. The lowest BCUT2D eigenvalue weighted by Crippen LogP contribution is -2.80. The van der Waals surface area contributed by atoms with Crippen molar-refractivity contribution in [2.45, 2.75) is 85.1 Å². The van der Waals surface area contributed by atoms with Crippen LogP contribution in [0.1, 0.15) is 43.2 Å². The first-order valence-electron chi connectivity index (χ1n) is 12.7. The molecule has 6 fully saturated rings. The van der Waals surface area contributed by atoms with Crippen LogP contribution in [0.3, 0.4) is 0 Å². The normalized spacial score (nSPS) is 51.1. The van der Waals surface area contributed by atoms with E-state index in [4.69, 9.17) is 14.2 Å². The highest BCUT2D eigenvalue weighted by Gasteiger charge is 2.80. The molecule has 0 radical (unpaired) electrons. The molecule has 5 heterocycles. The molecule has 3 aliphatic carbocycles.